The average Bonchev–Trinajstić information content (AvgIpc) is 3.17. The Morgan fingerprint density at radius 3 is 2.77 bits per heavy atom. The number of aryl methyl sites for hydroxylation is 2. The summed E-state index contributed by atoms with van der Waals surface area (Å²) < 4.78 is 21.2. The number of H-pyrrole nitrogens is 1. The lowest BCUT2D eigenvalue weighted by molar-refractivity contribution is 0.0945. The molecule has 3 aromatic rings. The summed E-state index contributed by atoms with van der Waals surface area (Å²) in [5.74, 6) is -0.470. The van der Waals surface area contributed by atoms with Gasteiger partial charge in [-0.05, 0) is 30.4 Å². The zero-order chi connectivity index (χ0) is 21.3. The summed E-state index contributed by atoms with van der Waals surface area (Å²) in [6.45, 7) is 2.53. The second-order valence-electron chi connectivity index (χ2n) is 6.92. The lowest BCUT2D eigenvalue weighted by atomic mass is 9.88. The Morgan fingerprint density at radius 1 is 1.13 bits per heavy atom. The first-order valence-electron chi connectivity index (χ1n) is 9.78. The van der Waals surface area contributed by atoms with E-state index < -0.39 is 5.82 Å². The number of aliphatic hydroxyl groups excluding tert-OH is 1. The van der Waals surface area contributed by atoms with Crippen LogP contribution in [-0.4, -0.2) is 44.6 Å². The third-order valence-electron chi connectivity index (χ3n) is 5.35. The number of aromatic amines is 1. The van der Waals surface area contributed by atoms with Gasteiger partial charge in [-0.15, -0.1) is 0 Å². The van der Waals surface area contributed by atoms with Crippen molar-refractivity contribution in [3.63, 3.8) is 0 Å². The third-order valence-corrected chi connectivity index (χ3v) is 5.35. The van der Waals surface area contributed by atoms with E-state index in [0.29, 0.717) is 54.9 Å². The van der Waals surface area contributed by atoms with Crippen molar-refractivity contribution in [1.82, 2.24) is 25.3 Å². The molecule has 156 valence electrons. The quantitative estimate of drug-likeness (QED) is 0.610. The van der Waals surface area contributed by atoms with Crippen molar-refractivity contribution in [2.24, 2.45) is 0 Å². The van der Waals surface area contributed by atoms with Gasteiger partial charge in [-0.1, -0.05) is 6.92 Å². The van der Waals surface area contributed by atoms with Gasteiger partial charge in [-0.2, -0.15) is 0 Å². The minimum Gasteiger partial charge on any atom is -0.417 e. The van der Waals surface area contributed by atoms with Crippen LogP contribution < -0.4 is 10.1 Å². The molecule has 0 bridgehead atoms. The number of amides is 1. The van der Waals surface area contributed by atoms with Crippen molar-refractivity contribution in [2.75, 3.05) is 13.7 Å². The van der Waals surface area contributed by atoms with Gasteiger partial charge in [0.15, 0.2) is 5.82 Å². The highest BCUT2D eigenvalue weighted by molar-refractivity contribution is 6.00. The minimum absolute atomic E-state index is 0.0956. The van der Waals surface area contributed by atoms with Crippen molar-refractivity contribution in [1.29, 1.82) is 0 Å². The van der Waals surface area contributed by atoms with Crippen LogP contribution >= 0.6 is 0 Å². The average molecular weight is 411 g/mol. The molecule has 0 unspecified atom stereocenters. The molecule has 0 radical (unpaired) electrons. The van der Waals surface area contributed by atoms with Gasteiger partial charge in [0.25, 0.3) is 11.8 Å². The van der Waals surface area contributed by atoms with Crippen molar-refractivity contribution < 1.29 is 19.0 Å². The Bertz CT molecular complexity index is 1110. The number of carbonyl (C=O) groups excluding carboxylic acids is 1. The summed E-state index contributed by atoms with van der Waals surface area (Å²) in [6.07, 6.45) is 7.32. The van der Waals surface area contributed by atoms with Gasteiger partial charge in [-0.3, -0.25) is 4.79 Å². The number of carbonyl (C=O) groups is 1. The molecule has 8 nitrogen and oxygen atoms in total. The summed E-state index contributed by atoms with van der Waals surface area (Å²) in [4.78, 5) is 27.9. The van der Waals surface area contributed by atoms with Crippen molar-refractivity contribution in [3.05, 3.63) is 52.5 Å². The summed E-state index contributed by atoms with van der Waals surface area (Å²) in [5, 5.41) is 9.87. The number of pyridine rings is 1. The summed E-state index contributed by atoms with van der Waals surface area (Å²) in [7, 11) is 1.00. The second-order valence-corrected chi connectivity index (χ2v) is 6.92. The SMILES string of the molecule is CCc1cncnc1Oc1ncc2c(c1F)-c1[nH]c3c(c1CC2)C(=O)NCC3.CO. The molecule has 0 atom stereocenters. The van der Waals surface area contributed by atoms with E-state index in [1.807, 2.05) is 6.92 Å². The Kier molecular flexibility index (Phi) is 5.45. The fraction of sp³-hybridized carbons (Fsp3) is 0.333. The van der Waals surface area contributed by atoms with Crippen LogP contribution in [0.15, 0.2) is 18.7 Å². The molecule has 0 saturated heterocycles. The molecule has 1 aliphatic heterocycles. The number of aliphatic hydroxyl groups is 1. The van der Waals surface area contributed by atoms with Gasteiger partial charge < -0.3 is 20.1 Å². The number of rotatable bonds is 3. The number of nitrogens with zero attached hydrogens (tertiary/aromatic N) is 3. The lowest BCUT2D eigenvalue weighted by Gasteiger charge is -2.19. The number of hydrogen-bond donors (Lipinski definition) is 3. The Hall–Kier alpha value is -3.33. The van der Waals surface area contributed by atoms with Gasteiger partial charge in [-0.25, -0.2) is 19.3 Å². The van der Waals surface area contributed by atoms with Crippen LogP contribution in [0.4, 0.5) is 4.39 Å². The number of fused-ring (bicyclic) bond motifs is 5. The molecule has 1 aliphatic carbocycles. The Balaban J connectivity index is 0.00000106. The predicted octanol–water partition coefficient (Wildman–Crippen LogP) is 2.35. The van der Waals surface area contributed by atoms with E-state index in [0.717, 1.165) is 29.5 Å². The van der Waals surface area contributed by atoms with E-state index in [1.165, 1.54) is 6.33 Å². The molecule has 4 heterocycles. The molecule has 30 heavy (non-hydrogen) atoms. The van der Waals surface area contributed by atoms with Crippen LogP contribution in [0.5, 0.6) is 11.8 Å². The van der Waals surface area contributed by atoms with Crippen LogP contribution in [0.1, 0.15) is 39.7 Å². The highest BCUT2D eigenvalue weighted by atomic mass is 19.1. The second kappa shape index (κ2) is 8.19. The van der Waals surface area contributed by atoms with E-state index in [-0.39, 0.29) is 11.8 Å². The Morgan fingerprint density at radius 2 is 1.97 bits per heavy atom. The van der Waals surface area contributed by atoms with Crippen LogP contribution in [0, 0.1) is 5.82 Å². The molecule has 0 fully saturated rings. The normalized spacial score (nSPS) is 13.9. The van der Waals surface area contributed by atoms with E-state index in [9.17, 15) is 4.79 Å². The van der Waals surface area contributed by atoms with Gasteiger partial charge in [0.05, 0.1) is 11.3 Å². The fourth-order valence-corrected chi connectivity index (χ4v) is 3.98. The van der Waals surface area contributed by atoms with E-state index in [2.05, 4.69) is 25.3 Å². The zero-order valence-electron chi connectivity index (χ0n) is 16.8. The number of halogens is 1. The maximum absolute atomic E-state index is 15.5. The van der Waals surface area contributed by atoms with Crippen LogP contribution in [0.25, 0.3) is 11.3 Å². The van der Waals surface area contributed by atoms with E-state index in [4.69, 9.17) is 9.84 Å². The molecule has 1 amide bonds. The van der Waals surface area contributed by atoms with Gasteiger partial charge in [0.2, 0.25) is 5.88 Å². The third kappa shape index (κ3) is 3.21. The fourth-order valence-electron chi connectivity index (χ4n) is 3.98. The standard InChI is InChI=1S/C20H18FN5O2.CH4O/c1-2-10-7-22-9-25-19(10)28-20-16(21)14-11(8-24-20)3-4-12-15-13(26-17(12)14)5-6-23-18(15)27;1-2/h7-9,26H,2-6H2,1H3,(H,23,27);2H,1H3. The molecule has 0 aromatic carbocycles. The maximum Gasteiger partial charge on any atom is 0.258 e. The van der Waals surface area contributed by atoms with Crippen molar-refractivity contribution >= 4 is 5.91 Å². The first-order valence-corrected chi connectivity index (χ1v) is 9.78. The number of ether oxygens (including phenoxy) is 1. The maximum atomic E-state index is 15.5. The molecule has 2 aliphatic rings. The van der Waals surface area contributed by atoms with Crippen LogP contribution in [-0.2, 0) is 25.7 Å². The van der Waals surface area contributed by atoms with Crippen LogP contribution in [0.2, 0.25) is 0 Å². The van der Waals surface area contributed by atoms with Gasteiger partial charge in [0, 0.05) is 49.3 Å². The topological polar surface area (TPSA) is 113 Å². The molecule has 3 aromatic heterocycles. The number of aromatic nitrogens is 4. The monoisotopic (exact) mass is 411 g/mol. The molecular formula is C21H22FN5O3. The van der Waals surface area contributed by atoms with Crippen molar-refractivity contribution in [3.8, 4) is 23.0 Å². The van der Waals surface area contributed by atoms with Gasteiger partial charge in [0.1, 0.15) is 6.33 Å². The molecule has 0 spiro atoms. The molecule has 0 saturated carbocycles. The summed E-state index contributed by atoms with van der Waals surface area (Å²) in [6, 6.07) is 0. The number of hydrogen-bond acceptors (Lipinski definition) is 6. The highest BCUT2D eigenvalue weighted by Gasteiger charge is 2.32. The smallest absolute Gasteiger partial charge is 0.258 e. The minimum atomic E-state index is -0.543. The molecule has 5 rings (SSSR count). The van der Waals surface area contributed by atoms with E-state index >= 15 is 4.39 Å². The zero-order valence-corrected chi connectivity index (χ0v) is 16.8. The molecule has 9 heteroatoms. The Labute approximate surface area is 172 Å². The summed E-state index contributed by atoms with van der Waals surface area (Å²) in [5.41, 5.74) is 5.06. The van der Waals surface area contributed by atoms with Gasteiger partial charge >= 0.3 is 0 Å². The first kappa shape index (κ1) is 20.0. The predicted molar refractivity (Wildman–Crippen MR) is 107 cm³/mol. The molecular weight excluding hydrogens is 389 g/mol. The van der Waals surface area contributed by atoms with E-state index in [1.54, 1.807) is 12.4 Å². The first-order chi connectivity index (χ1) is 14.7. The molecule has 3 N–H and O–H groups in total. The lowest BCUT2D eigenvalue weighted by Crippen LogP contribution is -2.32. The van der Waals surface area contributed by atoms with Crippen molar-refractivity contribution in [2.45, 2.75) is 32.6 Å². The van der Waals surface area contributed by atoms with Crippen LogP contribution in [0.3, 0.4) is 0 Å². The highest BCUT2D eigenvalue weighted by Crippen LogP contribution is 2.41. The largest absolute Gasteiger partial charge is 0.417 e. The number of nitrogens with one attached hydrogen (secondary N) is 2. The summed E-state index contributed by atoms with van der Waals surface area (Å²) >= 11 is 0.